The number of nitrogens with zero attached hydrogens (tertiary/aromatic N) is 2. The lowest BCUT2D eigenvalue weighted by Gasteiger charge is -2.22. The zero-order valence-corrected chi connectivity index (χ0v) is 14.6. The highest BCUT2D eigenvalue weighted by Gasteiger charge is 2.20. The van der Waals surface area contributed by atoms with Gasteiger partial charge >= 0.3 is 0 Å². The topological polar surface area (TPSA) is 117 Å². The first-order chi connectivity index (χ1) is 10.6. The number of oxime groups is 2. The molecule has 0 aliphatic carbocycles. The maximum Gasteiger partial charge on any atom is 0.170 e. The third kappa shape index (κ3) is 5.16. The summed E-state index contributed by atoms with van der Waals surface area (Å²) in [4.78, 5) is 0. The van der Waals surface area contributed by atoms with Crippen molar-refractivity contribution in [1.29, 1.82) is 0 Å². The Kier molecular flexibility index (Phi) is 6.01. The van der Waals surface area contributed by atoms with Gasteiger partial charge in [0.05, 0.1) is 0 Å². The Bertz CT molecular complexity index is 614. The summed E-state index contributed by atoms with van der Waals surface area (Å²) in [7, 11) is 0. The van der Waals surface area contributed by atoms with Gasteiger partial charge in [-0.3, -0.25) is 0 Å². The van der Waals surface area contributed by atoms with Gasteiger partial charge in [0.15, 0.2) is 11.7 Å². The van der Waals surface area contributed by atoms with Gasteiger partial charge in [0, 0.05) is 11.1 Å². The average molecular weight is 320 g/mol. The predicted molar refractivity (Wildman–Crippen MR) is 93.2 cm³/mol. The summed E-state index contributed by atoms with van der Waals surface area (Å²) in [6.45, 7) is 10.5. The van der Waals surface area contributed by atoms with Crippen LogP contribution in [0.2, 0.25) is 0 Å². The minimum absolute atomic E-state index is 0.00639. The zero-order valence-electron chi connectivity index (χ0n) is 14.6. The molecule has 6 heteroatoms. The van der Waals surface area contributed by atoms with E-state index >= 15 is 0 Å². The SMILES string of the molecule is CC(C)Cc1cc(/C(N)=N/O)c(CC(C)(C)C)cc1/C(N)=N/O. The first-order valence-electron chi connectivity index (χ1n) is 7.70. The Labute approximate surface area is 137 Å². The lowest BCUT2D eigenvalue weighted by atomic mass is 9.83. The first-order valence-corrected chi connectivity index (χ1v) is 7.70. The molecule has 0 saturated carbocycles. The van der Waals surface area contributed by atoms with Crippen molar-refractivity contribution >= 4 is 11.7 Å². The first kappa shape index (κ1) is 18.8. The molecule has 0 bridgehead atoms. The summed E-state index contributed by atoms with van der Waals surface area (Å²) >= 11 is 0. The molecular weight excluding hydrogens is 292 g/mol. The van der Waals surface area contributed by atoms with Gasteiger partial charge in [-0.2, -0.15) is 0 Å². The van der Waals surface area contributed by atoms with Gasteiger partial charge < -0.3 is 21.9 Å². The summed E-state index contributed by atoms with van der Waals surface area (Å²) in [5.74, 6) is 0.524. The van der Waals surface area contributed by atoms with Gasteiger partial charge in [-0.15, -0.1) is 0 Å². The number of nitrogens with two attached hydrogens (primary N) is 2. The number of benzene rings is 1. The van der Waals surface area contributed by atoms with Crippen LogP contribution in [0.4, 0.5) is 0 Å². The molecule has 1 aromatic carbocycles. The van der Waals surface area contributed by atoms with Crippen molar-refractivity contribution < 1.29 is 10.4 Å². The fraction of sp³-hybridized carbons (Fsp3) is 0.529. The summed E-state index contributed by atoms with van der Waals surface area (Å²) in [6, 6.07) is 3.76. The van der Waals surface area contributed by atoms with Crippen LogP contribution in [0.25, 0.3) is 0 Å². The summed E-state index contributed by atoms with van der Waals surface area (Å²) in [6.07, 6.45) is 1.46. The van der Waals surface area contributed by atoms with Crippen LogP contribution in [0, 0.1) is 11.3 Å². The van der Waals surface area contributed by atoms with Gasteiger partial charge in [-0.25, -0.2) is 0 Å². The van der Waals surface area contributed by atoms with Crippen molar-refractivity contribution in [3.63, 3.8) is 0 Å². The third-order valence-corrected chi connectivity index (χ3v) is 3.45. The molecule has 0 atom stereocenters. The molecule has 0 aromatic heterocycles. The standard InChI is InChI=1S/C17H28N4O2/c1-10(2)6-11-7-14(16(19)21-23)12(9-17(3,4)5)8-13(11)15(18)20-22/h7-8,10,22-23H,6,9H2,1-5H3,(H2,18,20)(H2,19,21). The van der Waals surface area contributed by atoms with Gasteiger partial charge in [0.1, 0.15) is 0 Å². The second-order valence-electron chi connectivity index (χ2n) is 7.47. The number of amidine groups is 2. The molecule has 0 heterocycles. The fourth-order valence-electron chi connectivity index (χ4n) is 2.60. The fourth-order valence-corrected chi connectivity index (χ4v) is 2.60. The highest BCUT2D eigenvalue weighted by atomic mass is 16.4. The quantitative estimate of drug-likeness (QED) is 0.289. The minimum Gasteiger partial charge on any atom is -0.409 e. The van der Waals surface area contributed by atoms with Crippen molar-refractivity contribution in [2.75, 3.05) is 0 Å². The summed E-state index contributed by atoms with van der Waals surface area (Å²) < 4.78 is 0. The monoisotopic (exact) mass is 320 g/mol. The second-order valence-corrected chi connectivity index (χ2v) is 7.47. The molecule has 0 fully saturated rings. The molecule has 0 unspecified atom stereocenters. The van der Waals surface area contributed by atoms with Crippen LogP contribution >= 0.6 is 0 Å². The van der Waals surface area contributed by atoms with E-state index in [9.17, 15) is 0 Å². The Morgan fingerprint density at radius 1 is 1.00 bits per heavy atom. The van der Waals surface area contributed by atoms with E-state index in [0.717, 1.165) is 17.5 Å². The largest absolute Gasteiger partial charge is 0.409 e. The normalized spacial score (nSPS) is 13.7. The van der Waals surface area contributed by atoms with E-state index in [4.69, 9.17) is 21.9 Å². The Morgan fingerprint density at radius 3 is 1.83 bits per heavy atom. The lowest BCUT2D eigenvalue weighted by Crippen LogP contribution is -2.23. The van der Waals surface area contributed by atoms with E-state index in [1.807, 2.05) is 12.1 Å². The molecule has 0 aliphatic heterocycles. The zero-order chi connectivity index (χ0) is 17.8. The van der Waals surface area contributed by atoms with Gasteiger partial charge in [-0.05, 0) is 47.4 Å². The van der Waals surface area contributed by atoms with Crippen LogP contribution in [0.3, 0.4) is 0 Å². The molecule has 128 valence electrons. The van der Waals surface area contributed by atoms with Crippen molar-refractivity contribution in [2.45, 2.75) is 47.5 Å². The highest BCUT2D eigenvalue weighted by Crippen LogP contribution is 2.27. The van der Waals surface area contributed by atoms with Crippen LogP contribution < -0.4 is 11.5 Å². The van der Waals surface area contributed by atoms with Crippen LogP contribution in [0.5, 0.6) is 0 Å². The number of hydrogen-bond donors (Lipinski definition) is 4. The maximum atomic E-state index is 9.08. The maximum absolute atomic E-state index is 9.08. The highest BCUT2D eigenvalue weighted by molar-refractivity contribution is 6.02. The van der Waals surface area contributed by atoms with Crippen molar-refractivity contribution in [2.24, 2.45) is 33.1 Å². The predicted octanol–water partition coefficient (Wildman–Crippen LogP) is 2.66. The van der Waals surface area contributed by atoms with E-state index in [2.05, 4.69) is 44.9 Å². The number of hydrogen-bond acceptors (Lipinski definition) is 4. The van der Waals surface area contributed by atoms with Crippen molar-refractivity contribution in [3.8, 4) is 0 Å². The molecule has 0 amide bonds. The summed E-state index contributed by atoms with van der Waals surface area (Å²) in [5.41, 5.74) is 14.9. The third-order valence-electron chi connectivity index (χ3n) is 3.45. The second kappa shape index (κ2) is 7.35. The van der Waals surface area contributed by atoms with Crippen LogP contribution in [0.15, 0.2) is 22.4 Å². The van der Waals surface area contributed by atoms with E-state index < -0.39 is 0 Å². The van der Waals surface area contributed by atoms with Crippen molar-refractivity contribution in [3.05, 3.63) is 34.4 Å². The van der Waals surface area contributed by atoms with Crippen LogP contribution in [-0.2, 0) is 12.8 Å². The molecule has 0 radical (unpaired) electrons. The molecular formula is C17H28N4O2. The van der Waals surface area contributed by atoms with Crippen molar-refractivity contribution in [1.82, 2.24) is 0 Å². The van der Waals surface area contributed by atoms with Crippen LogP contribution in [-0.4, -0.2) is 22.1 Å². The Morgan fingerprint density at radius 2 is 1.43 bits per heavy atom. The molecule has 0 spiro atoms. The van der Waals surface area contributed by atoms with E-state index in [-0.39, 0.29) is 17.1 Å². The molecule has 1 aromatic rings. The smallest absolute Gasteiger partial charge is 0.170 e. The molecule has 0 saturated heterocycles. The molecule has 6 N–H and O–H groups in total. The molecule has 6 nitrogen and oxygen atoms in total. The molecule has 1 rings (SSSR count). The van der Waals surface area contributed by atoms with Gasteiger partial charge in [0.2, 0.25) is 0 Å². The number of rotatable bonds is 5. The lowest BCUT2D eigenvalue weighted by molar-refractivity contribution is 0.318. The Hall–Kier alpha value is -2.24. The minimum atomic E-state index is 0.00639. The van der Waals surface area contributed by atoms with E-state index in [1.54, 1.807) is 0 Å². The average Bonchev–Trinajstić information content (AvgIpc) is 2.44. The Balaban J connectivity index is 3.60. The van der Waals surface area contributed by atoms with Crippen LogP contribution in [0.1, 0.15) is 56.9 Å². The molecule has 0 aliphatic rings. The summed E-state index contributed by atoms with van der Waals surface area (Å²) in [5, 5.41) is 24.4. The van der Waals surface area contributed by atoms with Gasteiger partial charge in [0.25, 0.3) is 0 Å². The van der Waals surface area contributed by atoms with E-state index in [1.165, 1.54) is 0 Å². The van der Waals surface area contributed by atoms with E-state index in [0.29, 0.717) is 23.5 Å². The van der Waals surface area contributed by atoms with Gasteiger partial charge in [-0.1, -0.05) is 44.9 Å². The molecule has 23 heavy (non-hydrogen) atoms.